The van der Waals surface area contributed by atoms with Gasteiger partial charge in [-0.25, -0.2) is 0 Å². The van der Waals surface area contributed by atoms with Crippen LogP contribution in [0.15, 0.2) is 60.8 Å². The fourth-order valence-corrected chi connectivity index (χ4v) is 2.37. The quantitative estimate of drug-likeness (QED) is 0.240. The van der Waals surface area contributed by atoms with Crippen LogP contribution in [0.5, 0.6) is 0 Å². The molecular formula is C21H34S. The lowest BCUT2D eigenvalue weighted by atomic mass is 10.2. The van der Waals surface area contributed by atoms with Crippen molar-refractivity contribution in [3.8, 4) is 0 Å². The van der Waals surface area contributed by atoms with E-state index in [4.69, 9.17) is 0 Å². The van der Waals surface area contributed by atoms with Crippen molar-refractivity contribution in [2.75, 3.05) is 12.0 Å². The Labute approximate surface area is 143 Å². The van der Waals surface area contributed by atoms with Crippen LogP contribution in [-0.4, -0.2) is 12.0 Å². The summed E-state index contributed by atoms with van der Waals surface area (Å²) in [5.74, 6) is 1.30. The molecule has 0 fully saturated rings. The minimum absolute atomic E-state index is 1.05. The molecule has 124 valence electrons. The molecule has 0 saturated carbocycles. The van der Waals surface area contributed by atoms with Gasteiger partial charge < -0.3 is 0 Å². The number of hydrogen-bond donors (Lipinski definition) is 0. The third kappa shape index (κ3) is 19.1. The maximum absolute atomic E-state index is 2.32. The van der Waals surface area contributed by atoms with Gasteiger partial charge in [-0.05, 0) is 63.4 Å². The lowest BCUT2D eigenvalue weighted by Crippen LogP contribution is -1.77. The fraction of sp³-hybridized carbons (Fsp3) is 0.524. The fourth-order valence-electron chi connectivity index (χ4n) is 1.88. The predicted octanol–water partition coefficient (Wildman–Crippen LogP) is 7.27. The number of unbranched alkanes of at least 4 members (excludes halogenated alkanes) is 2. The van der Waals surface area contributed by atoms with Gasteiger partial charge in [-0.1, -0.05) is 67.7 Å². The van der Waals surface area contributed by atoms with Crippen molar-refractivity contribution in [2.45, 2.75) is 58.3 Å². The zero-order chi connectivity index (χ0) is 16.1. The van der Waals surface area contributed by atoms with E-state index in [2.05, 4.69) is 73.9 Å². The molecular weight excluding hydrogens is 284 g/mol. The van der Waals surface area contributed by atoms with E-state index in [1.807, 2.05) is 11.8 Å². The summed E-state index contributed by atoms with van der Waals surface area (Å²) in [7, 11) is 0. The van der Waals surface area contributed by atoms with Crippen LogP contribution >= 0.6 is 11.8 Å². The van der Waals surface area contributed by atoms with Gasteiger partial charge >= 0.3 is 0 Å². The lowest BCUT2D eigenvalue weighted by molar-refractivity contribution is 0.822. The average Bonchev–Trinajstić information content (AvgIpc) is 2.54. The van der Waals surface area contributed by atoms with Crippen LogP contribution in [-0.2, 0) is 0 Å². The largest absolute Gasteiger partial charge is 0.165 e. The monoisotopic (exact) mass is 318 g/mol. The van der Waals surface area contributed by atoms with Gasteiger partial charge in [-0.3, -0.25) is 0 Å². The second kappa shape index (κ2) is 20.1. The van der Waals surface area contributed by atoms with E-state index in [0.29, 0.717) is 0 Å². The standard InChI is InChI=1S/C21H34S/c1-3-4-5-6-7-8-9-10-11-12-13-14-15-16-17-18-19-20-21-22-2/h4-5,7-8,10-11,13-14,16-17H,3,6,9,12,15,18-21H2,1-2H3/b5-4-,8-7-,11-10-,14-13-,17-16-. The van der Waals surface area contributed by atoms with Crippen LogP contribution in [0, 0.1) is 0 Å². The molecule has 0 unspecified atom stereocenters. The van der Waals surface area contributed by atoms with Gasteiger partial charge in [0.25, 0.3) is 0 Å². The Kier molecular flexibility index (Phi) is 19.2. The topological polar surface area (TPSA) is 0 Å². The molecule has 0 saturated heterocycles. The number of hydrogen-bond acceptors (Lipinski definition) is 1. The van der Waals surface area contributed by atoms with Crippen molar-refractivity contribution in [1.29, 1.82) is 0 Å². The Bertz CT molecular complexity index is 345. The van der Waals surface area contributed by atoms with E-state index in [1.165, 1.54) is 25.0 Å². The first-order valence-electron chi connectivity index (χ1n) is 8.65. The van der Waals surface area contributed by atoms with Crippen LogP contribution in [0.2, 0.25) is 0 Å². The minimum atomic E-state index is 1.05. The predicted molar refractivity (Wildman–Crippen MR) is 107 cm³/mol. The third-order valence-electron chi connectivity index (χ3n) is 3.13. The van der Waals surface area contributed by atoms with Gasteiger partial charge in [0.15, 0.2) is 0 Å². The second-order valence-electron chi connectivity index (χ2n) is 5.20. The molecule has 0 aromatic heterocycles. The molecule has 0 aromatic rings. The molecule has 0 radical (unpaired) electrons. The Hall–Kier alpha value is -0.950. The van der Waals surface area contributed by atoms with Gasteiger partial charge in [0, 0.05) is 0 Å². The Morgan fingerprint density at radius 1 is 0.591 bits per heavy atom. The molecule has 0 amide bonds. The third-order valence-corrected chi connectivity index (χ3v) is 3.82. The van der Waals surface area contributed by atoms with E-state index in [9.17, 15) is 0 Å². The zero-order valence-corrected chi connectivity index (χ0v) is 15.4. The highest BCUT2D eigenvalue weighted by Gasteiger charge is 1.83. The molecule has 0 aromatic carbocycles. The molecule has 0 N–H and O–H groups in total. The Balaban J connectivity index is 3.40. The number of rotatable bonds is 14. The SMILES string of the molecule is CC/C=C\C/C=C\C/C=C\C/C=C\C/C=C\CCCCSC. The average molecular weight is 319 g/mol. The zero-order valence-electron chi connectivity index (χ0n) is 14.5. The molecule has 0 spiro atoms. The number of thioether (sulfide) groups is 1. The molecule has 0 aliphatic heterocycles. The first-order chi connectivity index (χ1) is 10.9. The summed E-state index contributed by atoms with van der Waals surface area (Å²) in [6, 6.07) is 0. The molecule has 0 aliphatic rings. The van der Waals surface area contributed by atoms with E-state index in [-0.39, 0.29) is 0 Å². The highest BCUT2D eigenvalue weighted by Crippen LogP contribution is 2.03. The summed E-state index contributed by atoms with van der Waals surface area (Å²) in [6.45, 7) is 2.17. The smallest absolute Gasteiger partial charge is 0.00702 e. The van der Waals surface area contributed by atoms with Gasteiger partial charge in [0.05, 0.1) is 0 Å². The lowest BCUT2D eigenvalue weighted by Gasteiger charge is -1.93. The molecule has 22 heavy (non-hydrogen) atoms. The normalized spacial score (nSPS) is 13.0. The molecule has 0 rings (SSSR count). The molecule has 0 aliphatic carbocycles. The van der Waals surface area contributed by atoms with Crippen molar-refractivity contribution in [1.82, 2.24) is 0 Å². The van der Waals surface area contributed by atoms with Gasteiger partial charge in [0.2, 0.25) is 0 Å². The van der Waals surface area contributed by atoms with Crippen LogP contribution in [0.1, 0.15) is 58.3 Å². The number of allylic oxidation sites excluding steroid dienone is 10. The van der Waals surface area contributed by atoms with Gasteiger partial charge in [-0.2, -0.15) is 11.8 Å². The summed E-state index contributed by atoms with van der Waals surface area (Å²) >= 11 is 1.94. The highest BCUT2D eigenvalue weighted by atomic mass is 32.2. The summed E-state index contributed by atoms with van der Waals surface area (Å²) in [6.07, 6.45) is 33.9. The molecule has 0 bridgehead atoms. The van der Waals surface area contributed by atoms with E-state index in [1.54, 1.807) is 0 Å². The Morgan fingerprint density at radius 2 is 1.05 bits per heavy atom. The Morgan fingerprint density at radius 3 is 1.50 bits per heavy atom. The maximum Gasteiger partial charge on any atom is -0.00702 e. The molecule has 0 nitrogen and oxygen atoms in total. The summed E-state index contributed by atoms with van der Waals surface area (Å²) < 4.78 is 0. The van der Waals surface area contributed by atoms with E-state index < -0.39 is 0 Å². The van der Waals surface area contributed by atoms with Crippen molar-refractivity contribution >= 4 is 11.8 Å². The van der Waals surface area contributed by atoms with Gasteiger partial charge in [-0.15, -0.1) is 0 Å². The van der Waals surface area contributed by atoms with Crippen LogP contribution < -0.4 is 0 Å². The maximum atomic E-state index is 2.32. The summed E-state index contributed by atoms with van der Waals surface area (Å²) in [4.78, 5) is 0. The molecule has 0 heterocycles. The molecule has 1 heteroatoms. The van der Waals surface area contributed by atoms with E-state index >= 15 is 0 Å². The van der Waals surface area contributed by atoms with Crippen molar-refractivity contribution in [2.24, 2.45) is 0 Å². The van der Waals surface area contributed by atoms with Crippen LogP contribution in [0.3, 0.4) is 0 Å². The summed E-state index contributed by atoms with van der Waals surface area (Å²) in [5.41, 5.74) is 0. The first-order valence-corrected chi connectivity index (χ1v) is 10.0. The van der Waals surface area contributed by atoms with Crippen molar-refractivity contribution in [3.63, 3.8) is 0 Å². The molecule has 0 atom stereocenters. The minimum Gasteiger partial charge on any atom is -0.165 e. The van der Waals surface area contributed by atoms with Crippen molar-refractivity contribution < 1.29 is 0 Å². The second-order valence-corrected chi connectivity index (χ2v) is 6.18. The highest BCUT2D eigenvalue weighted by molar-refractivity contribution is 7.98. The van der Waals surface area contributed by atoms with Crippen LogP contribution in [0.4, 0.5) is 0 Å². The van der Waals surface area contributed by atoms with Crippen LogP contribution in [0.25, 0.3) is 0 Å². The first kappa shape index (κ1) is 21.0. The van der Waals surface area contributed by atoms with Crippen molar-refractivity contribution in [3.05, 3.63) is 60.8 Å². The van der Waals surface area contributed by atoms with Gasteiger partial charge in [0.1, 0.15) is 0 Å². The van der Waals surface area contributed by atoms with E-state index in [0.717, 1.165) is 32.1 Å². The summed E-state index contributed by atoms with van der Waals surface area (Å²) in [5, 5.41) is 0.